The molecule has 0 aliphatic carbocycles. The number of halogens is 1. The second-order valence-corrected chi connectivity index (χ2v) is 6.07. The van der Waals surface area contributed by atoms with E-state index in [4.69, 9.17) is 11.6 Å². The highest BCUT2D eigenvalue weighted by atomic mass is 35.5. The number of likely N-dealkylation sites (tertiary alicyclic amines) is 1. The van der Waals surface area contributed by atoms with Crippen molar-refractivity contribution in [1.82, 2.24) is 10.2 Å². The summed E-state index contributed by atoms with van der Waals surface area (Å²) in [5.74, 6) is -2.08. The third kappa shape index (κ3) is 3.64. The minimum Gasteiger partial charge on any atom is -0.480 e. The zero-order valence-corrected chi connectivity index (χ0v) is 13.8. The van der Waals surface area contributed by atoms with Crippen LogP contribution in [0.5, 0.6) is 0 Å². The van der Waals surface area contributed by atoms with Gasteiger partial charge in [-0.05, 0) is 37.5 Å². The molecular weight excluding hydrogens is 320 g/mol. The normalized spacial score (nSPS) is 20.9. The molecule has 124 valence electrons. The Morgan fingerprint density at radius 1 is 1.30 bits per heavy atom. The number of carboxylic acids is 1. The highest BCUT2D eigenvalue weighted by Gasteiger charge is 2.38. The summed E-state index contributed by atoms with van der Waals surface area (Å²) in [6.07, 6.45) is 0.688. The van der Waals surface area contributed by atoms with Gasteiger partial charge in [-0.15, -0.1) is 0 Å². The van der Waals surface area contributed by atoms with Gasteiger partial charge in [0.05, 0.1) is 5.92 Å². The molecule has 7 heteroatoms. The topological polar surface area (TPSA) is 86.7 Å². The van der Waals surface area contributed by atoms with Gasteiger partial charge < -0.3 is 15.3 Å². The monoisotopic (exact) mass is 338 g/mol. The van der Waals surface area contributed by atoms with Crippen molar-refractivity contribution in [3.05, 3.63) is 34.3 Å². The molecule has 2 amide bonds. The highest BCUT2D eigenvalue weighted by molar-refractivity contribution is 6.31. The first kappa shape index (κ1) is 17.3. The van der Waals surface area contributed by atoms with Crippen molar-refractivity contribution in [3.8, 4) is 0 Å². The van der Waals surface area contributed by atoms with Crippen LogP contribution in [-0.4, -0.2) is 47.4 Å². The molecule has 6 nitrogen and oxygen atoms in total. The Bertz CT molecular complexity index is 647. The Labute approximate surface area is 139 Å². The standard InChI is InChI=1S/C16H19ClN2O4/c1-9-3-4-10(7-12(9)17)15(21)19-8-11(14(20)18-2)5-6-13(19)16(22)23/h3-4,7,11,13H,5-6,8H2,1-2H3,(H,18,20)(H,22,23)/t11-,13-/m0/s1. The summed E-state index contributed by atoms with van der Waals surface area (Å²) in [5.41, 5.74) is 1.16. The number of nitrogens with zero attached hydrogens (tertiary/aromatic N) is 1. The van der Waals surface area contributed by atoms with Crippen molar-refractivity contribution in [3.63, 3.8) is 0 Å². The van der Waals surface area contributed by atoms with Crippen LogP contribution in [0.2, 0.25) is 5.02 Å². The van der Waals surface area contributed by atoms with Crippen LogP contribution in [0.4, 0.5) is 0 Å². The minimum atomic E-state index is -1.06. The summed E-state index contributed by atoms with van der Waals surface area (Å²) in [7, 11) is 1.53. The molecule has 0 radical (unpaired) electrons. The Morgan fingerprint density at radius 3 is 2.57 bits per heavy atom. The number of hydrogen-bond acceptors (Lipinski definition) is 3. The van der Waals surface area contributed by atoms with E-state index in [-0.39, 0.29) is 18.9 Å². The van der Waals surface area contributed by atoms with Crippen molar-refractivity contribution >= 4 is 29.4 Å². The second-order valence-electron chi connectivity index (χ2n) is 5.66. The molecular formula is C16H19ClN2O4. The fourth-order valence-electron chi connectivity index (χ4n) is 2.76. The Hall–Kier alpha value is -2.08. The van der Waals surface area contributed by atoms with Gasteiger partial charge in [-0.3, -0.25) is 9.59 Å². The average Bonchev–Trinajstić information content (AvgIpc) is 2.55. The van der Waals surface area contributed by atoms with Crippen molar-refractivity contribution in [1.29, 1.82) is 0 Å². The molecule has 0 spiro atoms. The lowest BCUT2D eigenvalue weighted by Gasteiger charge is -2.36. The molecule has 1 aliphatic heterocycles. The quantitative estimate of drug-likeness (QED) is 0.878. The molecule has 1 aromatic carbocycles. The van der Waals surface area contributed by atoms with E-state index >= 15 is 0 Å². The first-order valence-corrected chi connectivity index (χ1v) is 7.74. The van der Waals surface area contributed by atoms with Crippen molar-refractivity contribution < 1.29 is 19.5 Å². The lowest BCUT2D eigenvalue weighted by molar-refractivity contribution is -0.145. The van der Waals surface area contributed by atoms with Crippen LogP contribution in [0, 0.1) is 12.8 Å². The molecule has 1 aromatic rings. The SMILES string of the molecule is CNC(=O)[C@H]1CC[C@@H](C(=O)O)N(C(=O)c2ccc(C)c(Cl)c2)C1. The Morgan fingerprint density at radius 2 is 2.00 bits per heavy atom. The molecule has 23 heavy (non-hydrogen) atoms. The number of aryl methyl sites for hydroxylation is 1. The summed E-state index contributed by atoms with van der Waals surface area (Å²) >= 11 is 6.05. The average molecular weight is 339 g/mol. The van der Waals surface area contributed by atoms with Gasteiger partial charge in [0.2, 0.25) is 5.91 Å². The van der Waals surface area contributed by atoms with E-state index in [0.29, 0.717) is 17.0 Å². The first-order chi connectivity index (χ1) is 10.8. The highest BCUT2D eigenvalue weighted by Crippen LogP contribution is 2.26. The van der Waals surface area contributed by atoms with Crippen LogP contribution < -0.4 is 5.32 Å². The Balaban J connectivity index is 2.29. The van der Waals surface area contributed by atoms with Crippen LogP contribution in [0.25, 0.3) is 0 Å². The van der Waals surface area contributed by atoms with Crippen LogP contribution in [0.3, 0.4) is 0 Å². The third-order valence-electron chi connectivity index (χ3n) is 4.16. The van der Waals surface area contributed by atoms with Crippen molar-refractivity contribution in [2.45, 2.75) is 25.8 Å². The Kier molecular flexibility index (Phi) is 5.26. The van der Waals surface area contributed by atoms with E-state index in [1.807, 2.05) is 6.92 Å². The molecule has 0 aromatic heterocycles. The number of carbonyl (C=O) groups excluding carboxylic acids is 2. The van der Waals surface area contributed by atoms with Crippen LogP contribution in [0.1, 0.15) is 28.8 Å². The van der Waals surface area contributed by atoms with E-state index < -0.39 is 23.8 Å². The number of amides is 2. The molecule has 2 N–H and O–H groups in total. The number of benzene rings is 1. The maximum atomic E-state index is 12.7. The molecule has 2 atom stereocenters. The van der Waals surface area contributed by atoms with Gasteiger partial charge in [-0.25, -0.2) is 4.79 Å². The number of aliphatic carboxylic acids is 1. The lowest BCUT2D eigenvalue weighted by Crippen LogP contribution is -2.53. The zero-order valence-electron chi connectivity index (χ0n) is 13.0. The summed E-state index contributed by atoms with van der Waals surface area (Å²) in [4.78, 5) is 37.2. The van der Waals surface area contributed by atoms with E-state index in [9.17, 15) is 19.5 Å². The number of nitrogens with one attached hydrogen (secondary N) is 1. The molecule has 0 bridgehead atoms. The van der Waals surface area contributed by atoms with E-state index in [0.717, 1.165) is 5.56 Å². The van der Waals surface area contributed by atoms with Gasteiger partial charge >= 0.3 is 5.97 Å². The maximum absolute atomic E-state index is 12.7. The molecule has 1 fully saturated rings. The van der Waals surface area contributed by atoms with E-state index in [1.54, 1.807) is 12.1 Å². The largest absolute Gasteiger partial charge is 0.480 e. The maximum Gasteiger partial charge on any atom is 0.326 e. The van der Waals surface area contributed by atoms with Gasteiger partial charge in [0, 0.05) is 24.2 Å². The van der Waals surface area contributed by atoms with Crippen LogP contribution in [0.15, 0.2) is 18.2 Å². The van der Waals surface area contributed by atoms with Crippen LogP contribution >= 0.6 is 11.6 Å². The number of rotatable bonds is 3. The number of carbonyl (C=O) groups is 3. The van der Waals surface area contributed by atoms with Crippen molar-refractivity contribution in [2.24, 2.45) is 5.92 Å². The molecule has 0 unspecified atom stereocenters. The lowest BCUT2D eigenvalue weighted by atomic mass is 9.91. The van der Waals surface area contributed by atoms with E-state index in [2.05, 4.69) is 5.32 Å². The summed E-state index contributed by atoms with van der Waals surface area (Å²) in [6.45, 7) is 1.90. The second kappa shape index (κ2) is 7.00. The fraction of sp³-hybridized carbons (Fsp3) is 0.438. The smallest absolute Gasteiger partial charge is 0.326 e. The fourth-order valence-corrected chi connectivity index (χ4v) is 2.94. The molecule has 0 saturated carbocycles. The van der Waals surface area contributed by atoms with Gasteiger partial charge in [-0.2, -0.15) is 0 Å². The third-order valence-corrected chi connectivity index (χ3v) is 4.57. The minimum absolute atomic E-state index is 0.0843. The van der Waals surface area contributed by atoms with Gasteiger partial charge in [0.1, 0.15) is 6.04 Å². The van der Waals surface area contributed by atoms with Crippen LogP contribution in [-0.2, 0) is 9.59 Å². The number of carboxylic acid groups (broad SMARTS) is 1. The first-order valence-electron chi connectivity index (χ1n) is 7.36. The van der Waals surface area contributed by atoms with Gasteiger partial charge in [0.15, 0.2) is 0 Å². The number of piperidine rings is 1. The summed E-state index contributed by atoms with van der Waals surface area (Å²) in [5, 5.41) is 12.4. The molecule has 1 heterocycles. The zero-order chi connectivity index (χ0) is 17.1. The van der Waals surface area contributed by atoms with E-state index in [1.165, 1.54) is 18.0 Å². The predicted molar refractivity (Wildman–Crippen MR) is 85.4 cm³/mol. The van der Waals surface area contributed by atoms with Gasteiger partial charge in [0.25, 0.3) is 5.91 Å². The van der Waals surface area contributed by atoms with Crippen molar-refractivity contribution in [2.75, 3.05) is 13.6 Å². The van der Waals surface area contributed by atoms with Gasteiger partial charge in [-0.1, -0.05) is 17.7 Å². The molecule has 1 aliphatic rings. The summed E-state index contributed by atoms with van der Waals surface area (Å²) < 4.78 is 0. The predicted octanol–water partition coefficient (Wildman–Crippen LogP) is 1.70. The summed E-state index contributed by atoms with van der Waals surface area (Å²) in [6, 6.07) is 3.93. The number of hydrogen-bond donors (Lipinski definition) is 2. The molecule has 1 saturated heterocycles. The molecule has 2 rings (SSSR count).